The summed E-state index contributed by atoms with van der Waals surface area (Å²) in [5.74, 6) is 0.587. The number of nitrogen functional groups attached to an aromatic ring is 1. The number of benzene rings is 1. The van der Waals surface area contributed by atoms with Crippen LogP contribution in [-0.2, 0) is 4.79 Å². The molecule has 2 nitrogen and oxygen atoms in total. The molecule has 102 valence electrons. The summed E-state index contributed by atoms with van der Waals surface area (Å²) < 4.78 is 0. The molecule has 1 aliphatic carbocycles. The van der Waals surface area contributed by atoms with Crippen LogP contribution in [-0.4, -0.2) is 5.78 Å². The number of allylic oxidation sites excluding steroid dienone is 2. The maximum Gasteiger partial charge on any atom is 0.159 e. The molecule has 1 aromatic carbocycles. The minimum atomic E-state index is 0.261. The van der Waals surface area contributed by atoms with Crippen LogP contribution in [0, 0.1) is 0 Å². The van der Waals surface area contributed by atoms with Gasteiger partial charge in [0.05, 0.1) is 0 Å². The summed E-state index contributed by atoms with van der Waals surface area (Å²) in [5, 5.41) is 0. The Hall–Kier alpha value is -1.57. The van der Waals surface area contributed by atoms with E-state index in [-0.39, 0.29) is 5.92 Å². The summed E-state index contributed by atoms with van der Waals surface area (Å²) in [6.45, 7) is 2.11. The maximum atomic E-state index is 12.3. The van der Waals surface area contributed by atoms with E-state index in [1.807, 2.05) is 24.3 Å². The van der Waals surface area contributed by atoms with Crippen molar-refractivity contribution in [3.63, 3.8) is 0 Å². The third-order valence-electron chi connectivity index (χ3n) is 3.90. The van der Waals surface area contributed by atoms with Gasteiger partial charge in [0.2, 0.25) is 0 Å². The Morgan fingerprint density at radius 1 is 1.21 bits per heavy atom. The zero-order chi connectivity index (χ0) is 13.7. The van der Waals surface area contributed by atoms with Crippen molar-refractivity contribution in [2.75, 3.05) is 5.73 Å². The molecule has 0 aromatic heterocycles. The average Bonchev–Trinajstić information content (AvgIpc) is 2.68. The van der Waals surface area contributed by atoms with Crippen molar-refractivity contribution in [2.45, 2.75) is 51.4 Å². The molecule has 1 unspecified atom stereocenters. The third kappa shape index (κ3) is 3.95. The lowest BCUT2D eigenvalue weighted by Crippen LogP contribution is -2.07. The molecule has 2 N–H and O–H groups in total. The topological polar surface area (TPSA) is 43.1 Å². The minimum Gasteiger partial charge on any atom is -0.399 e. The molecule has 0 bridgehead atoms. The van der Waals surface area contributed by atoms with Gasteiger partial charge in [-0.1, -0.05) is 31.6 Å². The second-order valence-corrected chi connectivity index (χ2v) is 5.52. The van der Waals surface area contributed by atoms with Gasteiger partial charge in [-0.2, -0.15) is 0 Å². The standard InChI is InChI=1S/C17H23NO/c1-13(14-8-10-16(18)11-9-14)12-17(19)15-6-4-2-3-5-7-15/h6,8-11,13H,2-5,7,12,18H2,1H3. The summed E-state index contributed by atoms with van der Waals surface area (Å²) in [5.41, 5.74) is 8.71. The van der Waals surface area contributed by atoms with Gasteiger partial charge >= 0.3 is 0 Å². The zero-order valence-corrected chi connectivity index (χ0v) is 11.7. The fraction of sp³-hybridized carbons (Fsp3) is 0.471. The minimum absolute atomic E-state index is 0.261. The molecule has 0 spiro atoms. The van der Waals surface area contributed by atoms with Gasteiger partial charge in [-0.15, -0.1) is 0 Å². The summed E-state index contributed by atoms with van der Waals surface area (Å²) in [4.78, 5) is 12.3. The molecule has 2 rings (SSSR count). The van der Waals surface area contributed by atoms with Crippen LogP contribution >= 0.6 is 0 Å². The van der Waals surface area contributed by atoms with Crippen LogP contribution in [0.4, 0.5) is 5.69 Å². The Labute approximate surface area is 115 Å². The Morgan fingerprint density at radius 3 is 2.68 bits per heavy atom. The van der Waals surface area contributed by atoms with Crippen LogP contribution in [0.3, 0.4) is 0 Å². The Morgan fingerprint density at radius 2 is 1.95 bits per heavy atom. The van der Waals surface area contributed by atoms with Gasteiger partial charge in [0, 0.05) is 12.1 Å². The fourth-order valence-corrected chi connectivity index (χ4v) is 2.62. The monoisotopic (exact) mass is 257 g/mol. The van der Waals surface area contributed by atoms with Gasteiger partial charge in [0.25, 0.3) is 0 Å². The van der Waals surface area contributed by atoms with Crippen LogP contribution in [0.2, 0.25) is 0 Å². The number of Topliss-reactive ketones (excluding diaryl/α,β-unsaturated/α-hetero) is 1. The highest BCUT2D eigenvalue weighted by molar-refractivity contribution is 5.95. The second-order valence-electron chi connectivity index (χ2n) is 5.52. The van der Waals surface area contributed by atoms with Gasteiger partial charge < -0.3 is 5.73 Å². The van der Waals surface area contributed by atoms with E-state index in [2.05, 4.69) is 13.0 Å². The number of carbonyl (C=O) groups excluding carboxylic acids is 1. The molecule has 2 heteroatoms. The lowest BCUT2D eigenvalue weighted by molar-refractivity contribution is -0.116. The highest BCUT2D eigenvalue weighted by Crippen LogP contribution is 2.25. The lowest BCUT2D eigenvalue weighted by Gasteiger charge is -2.12. The largest absolute Gasteiger partial charge is 0.399 e. The number of nitrogens with two attached hydrogens (primary N) is 1. The molecule has 0 saturated carbocycles. The van der Waals surface area contributed by atoms with E-state index in [0.717, 1.165) is 30.5 Å². The summed E-state index contributed by atoms with van der Waals surface area (Å²) in [6.07, 6.45) is 8.43. The molecule has 0 heterocycles. The Bertz CT molecular complexity index is 459. The van der Waals surface area contributed by atoms with Gasteiger partial charge in [-0.3, -0.25) is 4.79 Å². The first-order valence-corrected chi connectivity index (χ1v) is 7.24. The molecule has 0 radical (unpaired) electrons. The van der Waals surface area contributed by atoms with Gasteiger partial charge in [0.1, 0.15) is 0 Å². The molecule has 1 aromatic rings. The first kappa shape index (κ1) is 13.9. The number of hydrogen-bond acceptors (Lipinski definition) is 2. The number of ketones is 1. The Kier molecular flexibility index (Phi) is 4.78. The number of carbonyl (C=O) groups is 1. The van der Waals surface area contributed by atoms with Crippen molar-refractivity contribution in [1.29, 1.82) is 0 Å². The van der Waals surface area contributed by atoms with Crippen molar-refractivity contribution in [2.24, 2.45) is 0 Å². The smallest absolute Gasteiger partial charge is 0.159 e. The summed E-state index contributed by atoms with van der Waals surface area (Å²) in [7, 11) is 0. The van der Waals surface area contributed by atoms with Crippen LogP contribution in [0.25, 0.3) is 0 Å². The van der Waals surface area contributed by atoms with Gasteiger partial charge in [-0.25, -0.2) is 0 Å². The number of anilines is 1. The zero-order valence-electron chi connectivity index (χ0n) is 11.7. The first-order valence-electron chi connectivity index (χ1n) is 7.24. The highest BCUT2D eigenvalue weighted by atomic mass is 16.1. The van der Waals surface area contributed by atoms with E-state index in [1.165, 1.54) is 18.4 Å². The number of hydrogen-bond donors (Lipinski definition) is 1. The third-order valence-corrected chi connectivity index (χ3v) is 3.90. The quantitative estimate of drug-likeness (QED) is 0.820. The second kappa shape index (κ2) is 6.55. The van der Waals surface area contributed by atoms with Crippen molar-refractivity contribution in [1.82, 2.24) is 0 Å². The van der Waals surface area contributed by atoms with E-state index in [4.69, 9.17) is 5.73 Å². The van der Waals surface area contributed by atoms with Crippen LogP contribution in [0.5, 0.6) is 0 Å². The first-order chi connectivity index (χ1) is 9.16. The lowest BCUT2D eigenvalue weighted by atomic mass is 9.92. The van der Waals surface area contributed by atoms with Gasteiger partial charge in [-0.05, 0) is 54.9 Å². The van der Waals surface area contributed by atoms with Crippen LogP contribution in [0.15, 0.2) is 35.9 Å². The fourth-order valence-electron chi connectivity index (χ4n) is 2.62. The molecule has 0 amide bonds. The van der Waals surface area contributed by atoms with E-state index >= 15 is 0 Å². The van der Waals surface area contributed by atoms with Crippen LogP contribution in [0.1, 0.15) is 56.9 Å². The number of rotatable bonds is 4. The highest BCUT2D eigenvalue weighted by Gasteiger charge is 2.16. The molecule has 19 heavy (non-hydrogen) atoms. The SMILES string of the molecule is CC(CC(=O)C1=CCCCCC1)c1ccc(N)cc1. The van der Waals surface area contributed by atoms with Crippen molar-refractivity contribution < 1.29 is 4.79 Å². The van der Waals surface area contributed by atoms with Crippen LogP contribution < -0.4 is 5.73 Å². The molecule has 0 fully saturated rings. The predicted octanol–water partition coefficient (Wildman–Crippen LogP) is 4.22. The molecular formula is C17H23NO. The molecular weight excluding hydrogens is 234 g/mol. The summed E-state index contributed by atoms with van der Waals surface area (Å²) in [6, 6.07) is 7.85. The van der Waals surface area contributed by atoms with Crippen molar-refractivity contribution in [3.05, 3.63) is 41.5 Å². The molecule has 1 aliphatic rings. The van der Waals surface area contributed by atoms with Crippen molar-refractivity contribution >= 4 is 11.5 Å². The predicted molar refractivity (Wildman–Crippen MR) is 80.1 cm³/mol. The molecule has 1 atom stereocenters. The summed E-state index contributed by atoms with van der Waals surface area (Å²) >= 11 is 0. The van der Waals surface area contributed by atoms with Gasteiger partial charge in [0.15, 0.2) is 5.78 Å². The van der Waals surface area contributed by atoms with Crippen molar-refractivity contribution in [3.8, 4) is 0 Å². The normalized spacial score (nSPS) is 17.4. The van der Waals surface area contributed by atoms with E-state index in [9.17, 15) is 4.79 Å². The van der Waals surface area contributed by atoms with E-state index in [1.54, 1.807) is 0 Å². The maximum absolute atomic E-state index is 12.3. The molecule has 0 aliphatic heterocycles. The molecule has 0 saturated heterocycles. The van der Waals surface area contributed by atoms with E-state index < -0.39 is 0 Å². The van der Waals surface area contributed by atoms with E-state index in [0.29, 0.717) is 12.2 Å². The Balaban J connectivity index is 1.97. The average molecular weight is 257 g/mol.